The lowest BCUT2D eigenvalue weighted by molar-refractivity contribution is 0.0726. The summed E-state index contributed by atoms with van der Waals surface area (Å²) in [5, 5.41) is 1.15. The molecule has 1 heterocycles. The Morgan fingerprint density at radius 3 is 2.50 bits per heavy atom. The molecule has 0 atom stereocenters. The van der Waals surface area contributed by atoms with E-state index in [1.807, 2.05) is 37.2 Å². The van der Waals surface area contributed by atoms with Crippen molar-refractivity contribution in [2.75, 3.05) is 27.2 Å². The molecule has 0 saturated carbocycles. The number of halogens is 3. The van der Waals surface area contributed by atoms with Gasteiger partial charge in [0.05, 0.1) is 5.02 Å². The molecule has 0 unspecified atom stereocenters. The highest BCUT2D eigenvalue weighted by Gasteiger charge is 2.21. The molecule has 2 rings (SSSR count). The lowest BCUT2D eigenvalue weighted by Crippen LogP contribution is -2.36. The molecule has 24 heavy (non-hydrogen) atoms. The lowest BCUT2D eigenvalue weighted by atomic mass is 10.2. The molecule has 4 nitrogen and oxygen atoms in total. The smallest absolute Gasteiger partial charge is 0.274 e. The van der Waals surface area contributed by atoms with E-state index in [4.69, 9.17) is 34.8 Å². The van der Waals surface area contributed by atoms with Crippen LogP contribution in [0.4, 0.5) is 0 Å². The minimum Gasteiger partial charge on any atom is -0.332 e. The molecule has 0 fully saturated rings. The normalized spacial score (nSPS) is 10.9. The molecule has 2 aromatic rings. The van der Waals surface area contributed by atoms with E-state index < -0.39 is 0 Å². The van der Waals surface area contributed by atoms with Gasteiger partial charge in [-0.25, -0.2) is 4.98 Å². The maximum absolute atomic E-state index is 12.9. The number of rotatable bonds is 6. The SMILES string of the molecule is CN(C)CCN(Cc1cccc(Cl)c1)C(=O)c1nc(Cl)ccc1Cl. The Morgan fingerprint density at radius 2 is 1.83 bits per heavy atom. The number of amides is 1. The largest absolute Gasteiger partial charge is 0.332 e. The lowest BCUT2D eigenvalue weighted by Gasteiger charge is -2.24. The first-order valence-corrected chi connectivity index (χ1v) is 8.50. The van der Waals surface area contributed by atoms with E-state index in [9.17, 15) is 4.79 Å². The second-order valence-electron chi connectivity index (χ2n) is 5.62. The maximum Gasteiger partial charge on any atom is 0.274 e. The monoisotopic (exact) mass is 385 g/mol. The topological polar surface area (TPSA) is 36.4 Å². The summed E-state index contributed by atoms with van der Waals surface area (Å²) in [6, 6.07) is 10.6. The number of pyridine rings is 1. The molecule has 0 aliphatic carbocycles. The first kappa shape index (κ1) is 19.0. The van der Waals surface area contributed by atoms with Crippen LogP contribution in [0.1, 0.15) is 16.1 Å². The van der Waals surface area contributed by atoms with Crippen molar-refractivity contribution in [3.63, 3.8) is 0 Å². The first-order chi connectivity index (χ1) is 11.4. The number of likely N-dealkylation sites (N-methyl/N-ethyl adjacent to an activating group) is 1. The number of hydrogen-bond acceptors (Lipinski definition) is 3. The molecule has 7 heteroatoms. The van der Waals surface area contributed by atoms with Crippen LogP contribution in [0.5, 0.6) is 0 Å². The highest BCUT2D eigenvalue weighted by Crippen LogP contribution is 2.20. The van der Waals surface area contributed by atoms with Crippen LogP contribution in [0.3, 0.4) is 0 Å². The molecule has 1 amide bonds. The Hall–Kier alpha value is -1.33. The van der Waals surface area contributed by atoms with Crippen LogP contribution in [-0.2, 0) is 6.54 Å². The Labute approximate surface area is 156 Å². The quantitative estimate of drug-likeness (QED) is 0.697. The van der Waals surface area contributed by atoms with Crippen molar-refractivity contribution in [1.29, 1.82) is 0 Å². The fourth-order valence-corrected chi connectivity index (χ4v) is 2.69. The predicted molar refractivity (Wildman–Crippen MR) is 99.0 cm³/mol. The summed E-state index contributed by atoms with van der Waals surface area (Å²) in [5.74, 6) is -0.260. The summed E-state index contributed by atoms with van der Waals surface area (Å²) in [4.78, 5) is 20.7. The summed E-state index contributed by atoms with van der Waals surface area (Å²) >= 11 is 18.1. The number of nitrogens with zero attached hydrogens (tertiary/aromatic N) is 3. The molecule has 128 valence electrons. The van der Waals surface area contributed by atoms with E-state index in [0.717, 1.165) is 5.56 Å². The molecule has 0 spiro atoms. The Morgan fingerprint density at radius 1 is 1.08 bits per heavy atom. The van der Waals surface area contributed by atoms with Crippen LogP contribution in [0.15, 0.2) is 36.4 Å². The van der Waals surface area contributed by atoms with Gasteiger partial charge >= 0.3 is 0 Å². The third kappa shape index (κ3) is 5.35. The molecular formula is C17H18Cl3N3O. The summed E-state index contributed by atoms with van der Waals surface area (Å²) in [7, 11) is 3.90. The number of hydrogen-bond donors (Lipinski definition) is 0. The number of carbonyl (C=O) groups is 1. The molecule has 0 bridgehead atoms. The highest BCUT2D eigenvalue weighted by molar-refractivity contribution is 6.34. The van der Waals surface area contributed by atoms with Gasteiger partial charge in [-0.2, -0.15) is 0 Å². The van der Waals surface area contributed by atoms with Gasteiger partial charge in [0.1, 0.15) is 10.8 Å². The van der Waals surface area contributed by atoms with Crippen molar-refractivity contribution in [2.45, 2.75) is 6.54 Å². The number of aromatic nitrogens is 1. The van der Waals surface area contributed by atoms with Gasteiger partial charge in [0, 0.05) is 24.7 Å². The summed E-state index contributed by atoms with van der Waals surface area (Å²) in [6.07, 6.45) is 0. The van der Waals surface area contributed by atoms with Gasteiger partial charge in [0.25, 0.3) is 5.91 Å². The van der Waals surface area contributed by atoms with Gasteiger partial charge in [0.2, 0.25) is 0 Å². The number of benzene rings is 1. The van der Waals surface area contributed by atoms with Gasteiger partial charge in [-0.3, -0.25) is 4.79 Å². The van der Waals surface area contributed by atoms with Gasteiger partial charge in [-0.1, -0.05) is 46.9 Å². The van der Waals surface area contributed by atoms with Crippen molar-refractivity contribution in [2.24, 2.45) is 0 Å². The fourth-order valence-electron chi connectivity index (χ4n) is 2.15. The van der Waals surface area contributed by atoms with E-state index in [0.29, 0.717) is 24.7 Å². The van der Waals surface area contributed by atoms with Crippen LogP contribution in [0, 0.1) is 0 Å². The van der Waals surface area contributed by atoms with Gasteiger partial charge in [0.15, 0.2) is 0 Å². The molecule has 0 N–H and O–H groups in total. The van der Waals surface area contributed by atoms with Gasteiger partial charge in [-0.15, -0.1) is 0 Å². The van der Waals surface area contributed by atoms with Gasteiger partial charge in [-0.05, 0) is 43.9 Å². The fraction of sp³-hybridized carbons (Fsp3) is 0.294. The van der Waals surface area contributed by atoms with Gasteiger partial charge < -0.3 is 9.80 Å². The second-order valence-corrected chi connectivity index (χ2v) is 6.86. The molecule has 0 saturated heterocycles. The Balaban J connectivity index is 2.27. The van der Waals surface area contributed by atoms with Crippen LogP contribution in [-0.4, -0.2) is 47.9 Å². The molecule has 0 aliphatic heterocycles. The first-order valence-electron chi connectivity index (χ1n) is 7.37. The van der Waals surface area contributed by atoms with Crippen LogP contribution in [0.25, 0.3) is 0 Å². The number of carbonyl (C=O) groups excluding carboxylic acids is 1. The van der Waals surface area contributed by atoms with Crippen LogP contribution in [0.2, 0.25) is 15.2 Å². The van der Waals surface area contributed by atoms with E-state index in [1.54, 1.807) is 23.1 Å². The van der Waals surface area contributed by atoms with Crippen molar-refractivity contribution in [1.82, 2.24) is 14.8 Å². The zero-order valence-electron chi connectivity index (χ0n) is 13.5. The maximum atomic E-state index is 12.9. The molecule has 0 aliphatic rings. The molecule has 0 radical (unpaired) electrons. The van der Waals surface area contributed by atoms with E-state index >= 15 is 0 Å². The van der Waals surface area contributed by atoms with E-state index in [-0.39, 0.29) is 21.8 Å². The average molecular weight is 387 g/mol. The Bertz CT molecular complexity index is 722. The van der Waals surface area contributed by atoms with E-state index in [1.165, 1.54) is 0 Å². The third-order valence-electron chi connectivity index (χ3n) is 3.38. The summed E-state index contributed by atoms with van der Waals surface area (Å²) < 4.78 is 0. The van der Waals surface area contributed by atoms with E-state index in [2.05, 4.69) is 4.98 Å². The standard InChI is InChI=1S/C17H18Cl3N3O/c1-22(2)8-9-23(11-12-4-3-5-13(18)10-12)17(24)16-14(19)6-7-15(20)21-16/h3-7,10H,8-9,11H2,1-2H3. The molecule has 1 aromatic heterocycles. The van der Waals surface area contributed by atoms with Crippen LogP contribution >= 0.6 is 34.8 Å². The van der Waals surface area contributed by atoms with Crippen LogP contribution < -0.4 is 0 Å². The minimum atomic E-state index is -0.260. The van der Waals surface area contributed by atoms with Crippen molar-refractivity contribution in [3.05, 3.63) is 62.9 Å². The molecular weight excluding hydrogens is 369 g/mol. The minimum absolute atomic E-state index is 0.157. The summed E-state index contributed by atoms with van der Waals surface area (Å²) in [5.41, 5.74) is 1.10. The zero-order valence-corrected chi connectivity index (χ0v) is 15.7. The van der Waals surface area contributed by atoms with Crippen molar-refractivity contribution in [3.8, 4) is 0 Å². The van der Waals surface area contributed by atoms with Crippen molar-refractivity contribution >= 4 is 40.7 Å². The van der Waals surface area contributed by atoms with Crippen molar-refractivity contribution < 1.29 is 4.79 Å². The third-order valence-corrected chi connectivity index (χ3v) is 4.13. The predicted octanol–water partition coefficient (Wildman–Crippen LogP) is 4.25. The average Bonchev–Trinajstić information content (AvgIpc) is 2.53. The Kier molecular flexibility index (Phi) is 6.87. The zero-order chi connectivity index (χ0) is 17.7. The second kappa shape index (κ2) is 8.67. The highest BCUT2D eigenvalue weighted by atomic mass is 35.5. The molecule has 1 aromatic carbocycles. The summed E-state index contributed by atoms with van der Waals surface area (Å²) in [6.45, 7) is 1.66.